The molecule has 9 heteroatoms. The van der Waals surface area contributed by atoms with Crippen LogP contribution in [0.5, 0.6) is 0 Å². The lowest BCUT2D eigenvalue weighted by Crippen LogP contribution is -2.17. The first kappa shape index (κ1) is 20.2. The zero-order valence-electron chi connectivity index (χ0n) is 14.3. The molecular formula is C17H18F3NO4S. The van der Waals surface area contributed by atoms with E-state index in [-0.39, 0.29) is 16.1 Å². The van der Waals surface area contributed by atoms with Crippen molar-refractivity contribution < 1.29 is 31.1 Å². The molecule has 0 fully saturated rings. The van der Waals surface area contributed by atoms with E-state index in [4.69, 9.17) is 9.47 Å². The Morgan fingerprint density at radius 1 is 1.00 bits per heavy atom. The average molecular weight is 389 g/mol. The lowest BCUT2D eigenvalue weighted by atomic mass is 10.1. The van der Waals surface area contributed by atoms with E-state index in [2.05, 4.69) is 4.72 Å². The Labute approximate surface area is 149 Å². The molecule has 0 saturated carbocycles. The molecule has 142 valence electrons. The maximum atomic E-state index is 13.4. The van der Waals surface area contributed by atoms with Gasteiger partial charge in [0.25, 0.3) is 10.0 Å². The highest BCUT2D eigenvalue weighted by molar-refractivity contribution is 7.92. The number of hydrogen-bond donors (Lipinski definition) is 1. The van der Waals surface area contributed by atoms with E-state index in [9.17, 15) is 21.6 Å². The first-order valence-electron chi connectivity index (χ1n) is 7.44. The van der Waals surface area contributed by atoms with Crippen LogP contribution in [0.2, 0.25) is 0 Å². The van der Waals surface area contributed by atoms with Gasteiger partial charge in [0.15, 0.2) is 6.29 Å². The van der Waals surface area contributed by atoms with E-state index in [0.717, 1.165) is 11.6 Å². The van der Waals surface area contributed by atoms with Crippen molar-refractivity contribution >= 4 is 15.7 Å². The summed E-state index contributed by atoms with van der Waals surface area (Å²) in [4.78, 5) is -0.0487. The van der Waals surface area contributed by atoms with E-state index >= 15 is 0 Å². The third-order valence-corrected chi connectivity index (χ3v) is 5.02. The highest BCUT2D eigenvalue weighted by Crippen LogP contribution is 2.37. The van der Waals surface area contributed by atoms with Crippen LogP contribution in [0.4, 0.5) is 18.9 Å². The fourth-order valence-electron chi connectivity index (χ4n) is 2.35. The molecule has 0 radical (unpaired) electrons. The number of alkyl halides is 3. The van der Waals surface area contributed by atoms with Gasteiger partial charge < -0.3 is 9.47 Å². The molecule has 1 N–H and O–H groups in total. The normalized spacial score (nSPS) is 12.4. The van der Waals surface area contributed by atoms with Gasteiger partial charge in [0.2, 0.25) is 0 Å². The van der Waals surface area contributed by atoms with Crippen LogP contribution < -0.4 is 4.72 Å². The summed E-state index contributed by atoms with van der Waals surface area (Å²) in [7, 11) is -1.60. The second kappa shape index (κ2) is 7.65. The van der Waals surface area contributed by atoms with Gasteiger partial charge in [-0.2, -0.15) is 13.2 Å². The monoisotopic (exact) mass is 389 g/mol. The van der Waals surface area contributed by atoms with Gasteiger partial charge in [-0.3, -0.25) is 4.72 Å². The van der Waals surface area contributed by atoms with Crippen molar-refractivity contribution in [3.63, 3.8) is 0 Å². The van der Waals surface area contributed by atoms with Crippen LogP contribution in [-0.2, 0) is 25.7 Å². The fourth-order valence-corrected chi connectivity index (χ4v) is 3.40. The Balaban J connectivity index is 2.43. The first-order valence-corrected chi connectivity index (χ1v) is 8.93. The van der Waals surface area contributed by atoms with Gasteiger partial charge in [-0.1, -0.05) is 23.8 Å². The molecule has 0 amide bonds. The second-order valence-corrected chi connectivity index (χ2v) is 7.20. The van der Waals surface area contributed by atoms with Gasteiger partial charge in [0.1, 0.15) is 0 Å². The van der Waals surface area contributed by atoms with Gasteiger partial charge in [-0.15, -0.1) is 0 Å². The molecule has 0 unspecified atom stereocenters. The lowest BCUT2D eigenvalue weighted by molar-refractivity contribution is -0.147. The Morgan fingerprint density at radius 2 is 1.58 bits per heavy atom. The zero-order valence-corrected chi connectivity index (χ0v) is 15.1. The quantitative estimate of drug-likeness (QED) is 0.756. The van der Waals surface area contributed by atoms with E-state index in [1.165, 1.54) is 32.4 Å². The van der Waals surface area contributed by atoms with Crippen molar-refractivity contribution in [3.8, 4) is 0 Å². The van der Waals surface area contributed by atoms with Crippen molar-refractivity contribution in [1.82, 2.24) is 0 Å². The summed E-state index contributed by atoms with van der Waals surface area (Å²) in [6, 6.07) is 9.01. The molecule has 0 aliphatic rings. The standard InChI is InChI=1S/C17H18F3NO4S/c1-11-4-7-13(8-5-11)26(22,23)21-12-6-9-14(16(24-2)25-3)15(10-12)17(18,19)20/h4-10,16,21H,1-3H3. The molecule has 0 heterocycles. The summed E-state index contributed by atoms with van der Waals surface area (Å²) in [6.07, 6.45) is -5.94. The number of sulfonamides is 1. The summed E-state index contributed by atoms with van der Waals surface area (Å²) in [5.41, 5.74) is -0.651. The first-order chi connectivity index (χ1) is 12.1. The van der Waals surface area contributed by atoms with E-state index in [1.807, 2.05) is 0 Å². The highest BCUT2D eigenvalue weighted by Gasteiger charge is 2.36. The number of nitrogens with one attached hydrogen (secondary N) is 1. The minimum absolute atomic E-state index is 0.0487. The summed E-state index contributed by atoms with van der Waals surface area (Å²) >= 11 is 0. The minimum atomic E-state index is -4.71. The van der Waals surface area contributed by atoms with Crippen LogP contribution in [0, 0.1) is 6.92 Å². The Hall–Kier alpha value is -2.10. The Morgan fingerprint density at radius 3 is 2.08 bits per heavy atom. The van der Waals surface area contributed by atoms with E-state index < -0.39 is 28.1 Å². The third-order valence-electron chi connectivity index (χ3n) is 3.62. The number of rotatable bonds is 6. The van der Waals surface area contributed by atoms with Gasteiger partial charge in [0, 0.05) is 25.5 Å². The number of hydrogen-bond acceptors (Lipinski definition) is 4. The maximum Gasteiger partial charge on any atom is 0.416 e. The molecule has 0 bridgehead atoms. The average Bonchev–Trinajstić information content (AvgIpc) is 2.56. The largest absolute Gasteiger partial charge is 0.416 e. The molecule has 2 rings (SSSR count). The van der Waals surface area contributed by atoms with Crippen LogP contribution in [0.1, 0.15) is 23.0 Å². The smallest absolute Gasteiger partial charge is 0.352 e. The van der Waals surface area contributed by atoms with Crippen molar-refractivity contribution in [3.05, 3.63) is 59.2 Å². The summed E-state index contributed by atoms with van der Waals surface area (Å²) in [5, 5.41) is 0. The second-order valence-electron chi connectivity index (χ2n) is 5.52. The number of ether oxygens (including phenoxy) is 2. The van der Waals surface area contributed by atoms with Crippen LogP contribution in [0.3, 0.4) is 0 Å². The fraction of sp³-hybridized carbons (Fsp3) is 0.294. The molecule has 0 aliphatic heterocycles. The SMILES string of the molecule is COC(OC)c1ccc(NS(=O)(=O)c2ccc(C)cc2)cc1C(F)(F)F. The molecule has 0 aromatic heterocycles. The molecule has 2 aromatic rings. The highest BCUT2D eigenvalue weighted by atomic mass is 32.2. The number of anilines is 1. The maximum absolute atomic E-state index is 13.4. The molecule has 0 atom stereocenters. The van der Waals surface area contributed by atoms with Gasteiger partial charge in [-0.05, 0) is 31.2 Å². The van der Waals surface area contributed by atoms with Crippen molar-refractivity contribution in [2.75, 3.05) is 18.9 Å². The predicted molar refractivity (Wildman–Crippen MR) is 90.2 cm³/mol. The van der Waals surface area contributed by atoms with Gasteiger partial charge in [0.05, 0.1) is 10.5 Å². The Kier molecular flexibility index (Phi) is 5.94. The number of methoxy groups -OCH3 is 2. The predicted octanol–water partition coefficient (Wildman–Crippen LogP) is 4.11. The van der Waals surface area contributed by atoms with E-state index in [1.54, 1.807) is 19.1 Å². The van der Waals surface area contributed by atoms with Crippen molar-refractivity contribution in [1.29, 1.82) is 0 Å². The molecule has 0 spiro atoms. The number of halogens is 3. The van der Waals surface area contributed by atoms with Crippen LogP contribution in [-0.4, -0.2) is 22.6 Å². The molecule has 5 nitrogen and oxygen atoms in total. The van der Waals surface area contributed by atoms with Crippen molar-refractivity contribution in [2.45, 2.75) is 24.3 Å². The van der Waals surface area contributed by atoms with Gasteiger partial charge in [-0.25, -0.2) is 8.42 Å². The summed E-state index contributed by atoms with van der Waals surface area (Å²) in [6.45, 7) is 1.79. The summed E-state index contributed by atoms with van der Waals surface area (Å²) in [5.74, 6) is 0. The van der Waals surface area contributed by atoms with Crippen LogP contribution in [0.15, 0.2) is 47.4 Å². The topological polar surface area (TPSA) is 64.6 Å². The molecule has 0 aliphatic carbocycles. The minimum Gasteiger partial charge on any atom is -0.352 e. The third kappa shape index (κ3) is 4.54. The molecule has 26 heavy (non-hydrogen) atoms. The van der Waals surface area contributed by atoms with Gasteiger partial charge >= 0.3 is 6.18 Å². The van der Waals surface area contributed by atoms with Crippen LogP contribution >= 0.6 is 0 Å². The van der Waals surface area contributed by atoms with Crippen LogP contribution in [0.25, 0.3) is 0 Å². The lowest BCUT2D eigenvalue weighted by Gasteiger charge is -2.20. The molecule has 0 saturated heterocycles. The van der Waals surface area contributed by atoms with E-state index in [0.29, 0.717) is 6.07 Å². The molecule has 2 aromatic carbocycles. The molecular weight excluding hydrogens is 371 g/mol. The zero-order chi connectivity index (χ0) is 19.5. The van der Waals surface area contributed by atoms with Crippen molar-refractivity contribution in [2.24, 2.45) is 0 Å². The number of aryl methyl sites for hydroxylation is 1. The summed E-state index contributed by atoms with van der Waals surface area (Å²) < 4.78 is 76.8. The number of benzene rings is 2. The Bertz CT molecular complexity index is 861.